The number of phenolic OH excluding ortho intramolecular Hbond substituents is 1. The number of rotatable bonds is 1. The van der Waals surface area contributed by atoms with E-state index in [0.29, 0.717) is 16.9 Å². The van der Waals surface area contributed by atoms with E-state index in [4.69, 9.17) is 11.6 Å². The molecule has 0 heterocycles. The van der Waals surface area contributed by atoms with E-state index in [2.05, 4.69) is 6.92 Å². The molecule has 0 bridgehead atoms. The third-order valence-electron chi connectivity index (χ3n) is 5.51. The van der Waals surface area contributed by atoms with E-state index in [9.17, 15) is 10.2 Å². The van der Waals surface area contributed by atoms with Gasteiger partial charge in [-0.05, 0) is 67.1 Å². The largest absolute Gasteiger partial charge is 0.508 e. The summed E-state index contributed by atoms with van der Waals surface area (Å²) in [5.41, 5.74) is 1.27. The summed E-state index contributed by atoms with van der Waals surface area (Å²) in [5.74, 6) is 1.30. The maximum absolute atomic E-state index is 10.2. The van der Waals surface area contributed by atoms with Gasteiger partial charge in [0.2, 0.25) is 0 Å². The van der Waals surface area contributed by atoms with Crippen LogP contribution in [0.5, 0.6) is 5.75 Å². The van der Waals surface area contributed by atoms with Crippen LogP contribution >= 0.6 is 11.6 Å². The van der Waals surface area contributed by atoms with Gasteiger partial charge in [-0.1, -0.05) is 24.6 Å². The highest BCUT2D eigenvalue weighted by molar-refractivity contribution is 6.31. The molecule has 3 heteroatoms. The lowest BCUT2D eigenvalue weighted by molar-refractivity contribution is 0.00872. The molecule has 1 aromatic rings. The van der Waals surface area contributed by atoms with Crippen LogP contribution in [0.25, 0.3) is 0 Å². The van der Waals surface area contributed by atoms with Crippen molar-refractivity contribution in [1.29, 1.82) is 0 Å². The molecule has 2 fully saturated rings. The number of hydrogen-bond acceptors (Lipinski definition) is 2. The number of halogens is 1. The van der Waals surface area contributed by atoms with Crippen LogP contribution in [0.1, 0.15) is 50.5 Å². The molecule has 0 radical (unpaired) electrons. The topological polar surface area (TPSA) is 40.5 Å². The molecule has 0 unspecified atom stereocenters. The minimum absolute atomic E-state index is 0.111. The van der Waals surface area contributed by atoms with Gasteiger partial charge in [0.25, 0.3) is 0 Å². The molecule has 2 aliphatic carbocycles. The van der Waals surface area contributed by atoms with Crippen LogP contribution in [0.4, 0.5) is 0 Å². The van der Waals surface area contributed by atoms with Crippen LogP contribution in [0.15, 0.2) is 18.2 Å². The number of aliphatic hydroxyl groups excluding tert-OH is 1. The molecule has 0 spiro atoms. The van der Waals surface area contributed by atoms with Crippen LogP contribution < -0.4 is 0 Å². The van der Waals surface area contributed by atoms with E-state index >= 15 is 0 Å². The first kappa shape index (κ1) is 13.3. The van der Waals surface area contributed by atoms with Gasteiger partial charge in [0.05, 0.1) is 6.10 Å². The fourth-order valence-electron chi connectivity index (χ4n) is 4.12. The Morgan fingerprint density at radius 1 is 1.26 bits per heavy atom. The molecule has 19 heavy (non-hydrogen) atoms. The molecule has 3 rings (SSSR count). The second-order valence-corrected chi connectivity index (χ2v) is 6.88. The first-order valence-electron chi connectivity index (χ1n) is 7.17. The molecule has 0 saturated heterocycles. The number of aromatic hydroxyl groups is 1. The molecule has 0 aromatic heterocycles. The molecule has 1 aromatic carbocycles. The van der Waals surface area contributed by atoms with Crippen LogP contribution in [-0.4, -0.2) is 16.3 Å². The van der Waals surface area contributed by atoms with Gasteiger partial charge < -0.3 is 10.2 Å². The SMILES string of the molecule is C[C@]12CC[C@@H](c3ccc(O)cc3Cl)C[C@H]1CC[C@@H]2O. The first-order chi connectivity index (χ1) is 9.00. The van der Waals surface area contributed by atoms with Crippen molar-refractivity contribution in [3.63, 3.8) is 0 Å². The van der Waals surface area contributed by atoms with Crippen molar-refractivity contribution in [2.45, 2.75) is 51.0 Å². The van der Waals surface area contributed by atoms with Crippen molar-refractivity contribution in [2.75, 3.05) is 0 Å². The predicted octanol–water partition coefficient (Wildman–Crippen LogP) is 4.09. The summed E-state index contributed by atoms with van der Waals surface area (Å²) in [7, 11) is 0. The van der Waals surface area contributed by atoms with Crippen molar-refractivity contribution in [3.05, 3.63) is 28.8 Å². The number of phenols is 1. The standard InChI is InChI=1S/C16H21ClO2/c1-16-7-6-10(8-11(16)2-5-15(16)19)13-4-3-12(18)9-14(13)17/h3-4,9-11,15,18-19H,2,5-8H2,1H3/t10-,11-,15+,16+/m1/s1. The van der Waals surface area contributed by atoms with Crippen LogP contribution in [0.2, 0.25) is 5.02 Å². The van der Waals surface area contributed by atoms with Gasteiger partial charge in [-0.15, -0.1) is 0 Å². The van der Waals surface area contributed by atoms with Crippen molar-refractivity contribution >= 4 is 11.6 Å². The summed E-state index contributed by atoms with van der Waals surface area (Å²) in [4.78, 5) is 0. The molecule has 0 amide bonds. The van der Waals surface area contributed by atoms with Crippen LogP contribution in [0, 0.1) is 11.3 Å². The van der Waals surface area contributed by atoms with Gasteiger partial charge in [0, 0.05) is 5.02 Å². The zero-order valence-corrected chi connectivity index (χ0v) is 12.0. The van der Waals surface area contributed by atoms with E-state index in [-0.39, 0.29) is 17.3 Å². The Morgan fingerprint density at radius 3 is 2.79 bits per heavy atom. The van der Waals surface area contributed by atoms with Crippen molar-refractivity contribution in [1.82, 2.24) is 0 Å². The Balaban J connectivity index is 1.82. The fourth-order valence-corrected chi connectivity index (χ4v) is 4.45. The molecule has 0 aliphatic heterocycles. The molecule has 2 N–H and O–H groups in total. The smallest absolute Gasteiger partial charge is 0.117 e. The van der Waals surface area contributed by atoms with E-state index in [0.717, 1.165) is 37.7 Å². The number of hydrogen-bond donors (Lipinski definition) is 2. The molecule has 2 saturated carbocycles. The number of benzene rings is 1. The lowest BCUT2D eigenvalue weighted by Crippen LogP contribution is -2.37. The molecule has 2 nitrogen and oxygen atoms in total. The maximum Gasteiger partial charge on any atom is 0.117 e. The lowest BCUT2D eigenvalue weighted by Gasteiger charge is -2.42. The maximum atomic E-state index is 10.2. The summed E-state index contributed by atoms with van der Waals surface area (Å²) >= 11 is 6.26. The van der Waals surface area contributed by atoms with Gasteiger partial charge in [0.1, 0.15) is 5.75 Å². The summed E-state index contributed by atoms with van der Waals surface area (Å²) in [6.07, 6.45) is 5.20. The molecule has 104 valence electrons. The van der Waals surface area contributed by atoms with E-state index in [1.54, 1.807) is 12.1 Å². The van der Waals surface area contributed by atoms with Crippen molar-refractivity contribution in [2.24, 2.45) is 11.3 Å². The average Bonchev–Trinajstić information content (AvgIpc) is 2.66. The Morgan fingerprint density at radius 2 is 2.05 bits per heavy atom. The highest BCUT2D eigenvalue weighted by Gasteiger charge is 2.49. The van der Waals surface area contributed by atoms with E-state index < -0.39 is 0 Å². The first-order valence-corrected chi connectivity index (χ1v) is 7.55. The fraction of sp³-hybridized carbons (Fsp3) is 0.625. The summed E-state index contributed by atoms with van der Waals surface area (Å²) in [6.45, 7) is 2.24. The predicted molar refractivity (Wildman–Crippen MR) is 76.5 cm³/mol. The third kappa shape index (κ3) is 2.15. The second kappa shape index (κ2) is 4.68. The minimum atomic E-state index is -0.131. The minimum Gasteiger partial charge on any atom is -0.508 e. The van der Waals surface area contributed by atoms with Crippen LogP contribution in [0.3, 0.4) is 0 Å². The van der Waals surface area contributed by atoms with Gasteiger partial charge in [-0.25, -0.2) is 0 Å². The quantitative estimate of drug-likeness (QED) is 0.813. The Labute approximate surface area is 119 Å². The Kier molecular flexibility index (Phi) is 3.26. The summed E-state index contributed by atoms with van der Waals surface area (Å²) in [5, 5.41) is 20.3. The molecular weight excluding hydrogens is 260 g/mol. The van der Waals surface area contributed by atoms with Crippen molar-refractivity contribution < 1.29 is 10.2 Å². The van der Waals surface area contributed by atoms with E-state index in [1.165, 1.54) is 0 Å². The third-order valence-corrected chi connectivity index (χ3v) is 5.83. The number of aliphatic hydroxyl groups is 1. The summed E-state index contributed by atoms with van der Waals surface area (Å²) in [6, 6.07) is 5.31. The average molecular weight is 281 g/mol. The second-order valence-electron chi connectivity index (χ2n) is 6.47. The Hall–Kier alpha value is -0.730. The molecule has 4 atom stereocenters. The van der Waals surface area contributed by atoms with Gasteiger partial charge in [-0.3, -0.25) is 0 Å². The molecule has 2 aliphatic rings. The van der Waals surface area contributed by atoms with Gasteiger partial charge >= 0.3 is 0 Å². The highest BCUT2D eigenvalue weighted by Crippen LogP contribution is 2.56. The highest BCUT2D eigenvalue weighted by atomic mass is 35.5. The van der Waals surface area contributed by atoms with Gasteiger partial charge in [-0.2, -0.15) is 0 Å². The monoisotopic (exact) mass is 280 g/mol. The molecular formula is C16H21ClO2. The van der Waals surface area contributed by atoms with Gasteiger partial charge in [0.15, 0.2) is 0 Å². The Bertz CT molecular complexity index is 488. The number of fused-ring (bicyclic) bond motifs is 1. The van der Waals surface area contributed by atoms with Crippen LogP contribution in [-0.2, 0) is 0 Å². The summed E-state index contributed by atoms with van der Waals surface area (Å²) < 4.78 is 0. The normalized spacial score (nSPS) is 38.2. The lowest BCUT2D eigenvalue weighted by atomic mass is 9.64. The zero-order chi connectivity index (χ0) is 13.6. The van der Waals surface area contributed by atoms with E-state index in [1.807, 2.05) is 6.07 Å². The zero-order valence-electron chi connectivity index (χ0n) is 11.3. The van der Waals surface area contributed by atoms with Crippen molar-refractivity contribution in [3.8, 4) is 5.75 Å².